The smallest absolute Gasteiger partial charge is 0.339 e. The molecular formula is C17H13ClN2O6. The average molecular weight is 377 g/mol. The molecule has 2 aromatic rings. The molecule has 0 saturated carbocycles. The SMILES string of the molecule is O=C(O)c1ccc(N2C(=O)CC(Nc3ccc(Cl)cc3O)C2=O)cc1O. The third-order valence-corrected chi connectivity index (χ3v) is 4.14. The summed E-state index contributed by atoms with van der Waals surface area (Å²) in [5, 5.41) is 31.7. The van der Waals surface area contributed by atoms with Crippen LogP contribution >= 0.6 is 11.6 Å². The Kier molecular flexibility index (Phi) is 4.43. The highest BCUT2D eigenvalue weighted by atomic mass is 35.5. The normalized spacial score (nSPS) is 16.8. The Morgan fingerprint density at radius 3 is 2.46 bits per heavy atom. The van der Waals surface area contributed by atoms with E-state index in [2.05, 4.69) is 5.32 Å². The molecule has 0 aliphatic carbocycles. The molecule has 1 aliphatic heterocycles. The van der Waals surface area contributed by atoms with Crippen LogP contribution in [0, 0.1) is 0 Å². The Morgan fingerprint density at radius 1 is 1.12 bits per heavy atom. The highest BCUT2D eigenvalue weighted by Gasteiger charge is 2.40. The second kappa shape index (κ2) is 6.57. The molecule has 0 aromatic heterocycles. The van der Waals surface area contributed by atoms with Crippen LogP contribution in [0.1, 0.15) is 16.8 Å². The van der Waals surface area contributed by atoms with Crippen molar-refractivity contribution in [3.8, 4) is 11.5 Å². The molecule has 2 amide bonds. The van der Waals surface area contributed by atoms with Crippen LogP contribution in [0.2, 0.25) is 5.02 Å². The number of halogens is 1. The molecule has 8 nitrogen and oxygen atoms in total. The number of aromatic carboxylic acids is 1. The van der Waals surface area contributed by atoms with Crippen LogP contribution < -0.4 is 10.2 Å². The molecule has 1 saturated heterocycles. The Hall–Kier alpha value is -3.26. The molecular weight excluding hydrogens is 364 g/mol. The van der Waals surface area contributed by atoms with Gasteiger partial charge in [-0.3, -0.25) is 9.59 Å². The van der Waals surface area contributed by atoms with Crippen molar-refractivity contribution in [2.45, 2.75) is 12.5 Å². The van der Waals surface area contributed by atoms with E-state index in [1.807, 2.05) is 0 Å². The number of aromatic hydroxyl groups is 2. The molecule has 2 aromatic carbocycles. The summed E-state index contributed by atoms with van der Waals surface area (Å²) in [5.74, 6) is -3.16. The van der Waals surface area contributed by atoms with Crippen molar-refractivity contribution >= 4 is 40.8 Å². The van der Waals surface area contributed by atoms with Crippen molar-refractivity contribution < 1.29 is 29.7 Å². The standard InChI is InChI=1S/C17H13ClN2O6/c18-8-1-4-11(14(22)5-8)19-12-7-15(23)20(16(12)24)9-2-3-10(17(25)26)13(21)6-9/h1-6,12,19,21-22H,7H2,(H,25,26). The van der Waals surface area contributed by atoms with Gasteiger partial charge in [0.1, 0.15) is 23.1 Å². The quantitative estimate of drug-likeness (QED) is 0.475. The molecule has 1 unspecified atom stereocenters. The lowest BCUT2D eigenvalue weighted by atomic mass is 10.1. The Balaban J connectivity index is 1.85. The first kappa shape index (κ1) is 17.6. The molecule has 26 heavy (non-hydrogen) atoms. The maximum atomic E-state index is 12.6. The van der Waals surface area contributed by atoms with Crippen molar-refractivity contribution in [1.29, 1.82) is 0 Å². The lowest BCUT2D eigenvalue weighted by molar-refractivity contribution is -0.121. The maximum Gasteiger partial charge on any atom is 0.339 e. The Morgan fingerprint density at radius 2 is 1.85 bits per heavy atom. The van der Waals surface area contributed by atoms with Crippen molar-refractivity contribution in [3.63, 3.8) is 0 Å². The zero-order valence-corrected chi connectivity index (χ0v) is 13.9. The number of carbonyl (C=O) groups is 3. The number of imide groups is 1. The fourth-order valence-electron chi connectivity index (χ4n) is 2.67. The van der Waals surface area contributed by atoms with Gasteiger partial charge in [0.2, 0.25) is 5.91 Å². The van der Waals surface area contributed by atoms with Gasteiger partial charge in [0.15, 0.2) is 0 Å². The summed E-state index contributed by atoms with van der Waals surface area (Å²) in [5.41, 5.74) is -0.0350. The first-order chi connectivity index (χ1) is 12.3. The predicted octanol–water partition coefficient (Wildman–Crippen LogP) is 2.19. The number of phenols is 2. The summed E-state index contributed by atoms with van der Waals surface area (Å²) in [7, 11) is 0. The number of anilines is 2. The molecule has 134 valence electrons. The van der Waals surface area contributed by atoms with Gasteiger partial charge in [0, 0.05) is 17.2 Å². The van der Waals surface area contributed by atoms with E-state index in [0.29, 0.717) is 5.02 Å². The van der Waals surface area contributed by atoms with E-state index in [4.69, 9.17) is 16.7 Å². The van der Waals surface area contributed by atoms with Crippen LogP contribution in [0.4, 0.5) is 11.4 Å². The predicted molar refractivity (Wildman–Crippen MR) is 92.7 cm³/mol. The topological polar surface area (TPSA) is 127 Å². The highest BCUT2D eigenvalue weighted by molar-refractivity contribution is 6.30. The number of hydrogen-bond donors (Lipinski definition) is 4. The summed E-state index contributed by atoms with van der Waals surface area (Å²) in [6.07, 6.45) is -0.164. The molecule has 1 atom stereocenters. The Labute approximate surface area is 152 Å². The molecule has 3 rings (SSSR count). The van der Waals surface area contributed by atoms with Crippen LogP contribution in [0.15, 0.2) is 36.4 Å². The van der Waals surface area contributed by atoms with Gasteiger partial charge in [-0.2, -0.15) is 0 Å². The summed E-state index contributed by atoms with van der Waals surface area (Å²) in [6.45, 7) is 0. The minimum atomic E-state index is -1.33. The molecule has 9 heteroatoms. The van der Waals surface area contributed by atoms with Gasteiger partial charge >= 0.3 is 5.97 Å². The van der Waals surface area contributed by atoms with Crippen LogP contribution in [0.5, 0.6) is 11.5 Å². The van der Waals surface area contributed by atoms with Crippen LogP contribution in [-0.4, -0.2) is 39.1 Å². The monoisotopic (exact) mass is 376 g/mol. The molecule has 1 heterocycles. The zero-order valence-electron chi connectivity index (χ0n) is 13.1. The summed E-state index contributed by atoms with van der Waals surface area (Å²) in [4.78, 5) is 36.6. The fraction of sp³-hybridized carbons (Fsp3) is 0.118. The lowest BCUT2D eigenvalue weighted by Gasteiger charge is -2.17. The number of hydrogen-bond acceptors (Lipinski definition) is 6. The number of benzene rings is 2. The third-order valence-electron chi connectivity index (χ3n) is 3.91. The van der Waals surface area contributed by atoms with Gasteiger partial charge in [0.25, 0.3) is 5.91 Å². The minimum absolute atomic E-state index is 0.0622. The van der Waals surface area contributed by atoms with Gasteiger partial charge in [-0.15, -0.1) is 0 Å². The summed E-state index contributed by atoms with van der Waals surface area (Å²) < 4.78 is 0. The number of carboxylic acid groups (broad SMARTS) is 1. The van der Waals surface area contributed by atoms with Gasteiger partial charge in [-0.1, -0.05) is 11.6 Å². The lowest BCUT2D eigenvalue weighted by Crippen LogP contribution is -2.34. The summed E-state index contributed by atoms with van der Waals surface area (Å²) >= 11 is 5.76. The number of nitrogens with zero attached hydrogens (tertiary/aromatic N) is 1. The number of nitrogens with one attached hydrogen (secondary N) is 1. The average Bonchev–Trinajstić information content (AvgIpc) is 2.83. The first-order valence-corrected chi connectivity index (χ1v) is 7.84. The second-order valence-electron chi connectivity index (χ2n) is 5.64. The van der Waals surface area contributed by atoms with E-state index in [1.165, 1.54) is 24.3 Å². The van der Waals surface area contributed by atoms with Crippen LogP contribution in [0.25, 0.3) is 0 Å². The van der Waals surface area contributed by atoms with E-state index < -0.39 is 29.6 Å². The molecule has 1 aliphatic rings. The van der Waals surface area contributed by atoms with Gasteiger partial charge in [-0.25, -0.2) is 9.69 Å². The number of phenolic OH excluding ortho intramolecular Hbond substituents is 1. The first-order valence-electron chi connectivity index (χ1n) is 7.46. The second-order valence-corrected chi connectivity index (χ2v) is 6.07. The fourth-order valence-corrected chi connectivity index (χ4v) is 2.84. The Bertz CT molecular complexity index is 929. The number of carbonyl (C=O) groups excluding carboxylic acids is 2. The number of rotatable bonds is 4. The van der Waals surface area contributed by atoms with Gasteiger partial charge in [-0.05, 0) is 24.3 Å². The number of carboxylic acids is 1. The zero-order chi connectivity index (χ0) is 19.0. The van der Waals surface area contributed by atoms with Crippen molar-refractivity contribution in [2.24, 2.45) is 0 Å². The highest BCUT2D eigenvalue weighted by Crippen LogP contribution is 2.32. The van der Waals surface area contributed by atoms with E-state index in [-0.39, 0.29) is 29.1 Å². The van der Waals surface area contributed by atoms with E-state index in [1.54, 1.807) is 0 Å². The van der Waals surface area contributed by atoms with Crippen LogP contribution in [0.3, 0.4) is 0 Å². The molecule has 1 fully saturated rings. The molecule has 0 bridgehead atoms. The minimum Gasteiger partial charge on any atom is -0.507 e. The maximum absolute atomic E-state index is 12.6. The summed E-state index contributed by atoms with van der Waals surface area (Å²) in [6, 6.07) is 6.79. The van der Waals surface area contributed by atoms with Crippen molar-refractivity contribution in [2.75, 3.05) is 10.2 Å². The number of amides is 2. The van der Waals surface area contributed by atoms with Crippen molar-refractivity contribution in [3.05, 3.63) is 47.0 Å². The molecule has 0 radical (unpaired) electrons. The van der Waals surface area contributed by atoms with Crippen LogP contribution in [-0.2, 0) is 9.59 Å². The van der Waals surface area contributed by atoms with E-state index in [9.17, 15) is 24.6 Å². The van der Waals surface area contributed by atoms with Crippen molar-refractivity contribution in [1.82, 2.24) is 0 Å². The molecule has 4 N–H and O–H groups in total. The van der Waals surface area contributed by atoms with Gasteiger partial charge in [0.05, 0.1) is 17.8 Å². The third kappa shape index (κ3) is 3.14. The largest absolute Gasteiger partial charge is 0.507 e. The van der Waals surface area contributed by atoms with E-state index >= 15 is 0 Å². The van der Waals surface area contributed by atoms with E-state index in [0.717, 1.165) is 17.0 Å². The molecule has 0 spiro atoms. The van der Waals surface area contributed by atoms with Gasteiger partial charge < -0.3 is 20.6 Å².